The Labute approximate surface area is 159 Å². The molecule has 0 fully saturated rings. The molecule has 0 aliphatic carbocycles. The minimum atomic E-state index is 0.403. The van der Waals surface area contributed by atoms with E-state index in [1.54, 1.807) is 0 Å². The minimum absolute atomic E-state index is 0.403. The van der Waals surface area contributed by atoms with Crippen LogP contribution >= 0.6 is 0 Å². The maximum Gasteiger partial charge on any atom is 0.109 e. The molecule has 4 rings (SSSR count). The van der Waals surface area contributed by atoms with Gasteiger partial charge in [-0.25, -0.2) is 9.97 Å². The van der Waals surface area contributed by atoms with Crippen LogP contribution in [0.2, 0.25) is 0 Å². The number of aromatic amines is 2. The molecular weight excluding hydrogens is 332 g/mol. The molecule has 2 heterocycles. The fraction of sp³-hybridized carbons (Fsp3) is 0.217. The molecule has 4 nitrogen and oxygen atoms in total. The topological polar surface area (TPSA) is 57.4 Å². The van der Waals surface area contributed by atoms with Crippen molar-refractivity contribution in [2.75, 3.05) is 0 Å². The number of imidazole rings is 2. The molecule has 2 aromatic carbocycles. The number of nitrogens with one attached hydrogen (secondary N) is 2. The summed E-state index contributed by atoms with van der Waals surface area (Å²) in [6, 6.07) is 17.2. The fourth-order valence-electron chi connectivity index (χ4n) is 3.15. The second kappa shape index (κ2) is 7.23. The zero-order valence-electron chi connectivity index (χ0n) is 16.0. The summed E-state index contributed by atoms with van der Waals surface area (Å²) in [5.41, 5.74) is 6.84. The molecule has 27 heavy (non-hydrogen) atoms. The van der Waals surface area contributed by atoms with Crippen LogP contribution in [0.25, 0.3) is 33.6 Å². The first-order chi connectivity index (χ1) is 13.1. The van der Waals surface area contributed by atoms with Crippen molar-refractivity contribution in [3.05, 3.63) is 72.6 Å². The lowest BCUT2D eigenvalue weighted by atomic mass is 10.0. The average molecular weight is 356 g/mol. The van der Waals surface area contributed by atoms with Crippen LogP contribution in [-0.2, 0) is 6.42 Å². The van der Waals surface area contributed by atoms with E-state index in [9.17, 15) is 0 Å². The molecular formula is C23H24N4. The van der Waals surface area contributed by atoms with Crippen molar-refractivity contribution in [2.24, 2.45) is 0 Å². The lowest BCUT2D eigenvalue weighted by Crippen LogP contribution is -1.89. The van der Waals surface area contributed by atoms with E-state index >= 15 is 0 Å². The Morgan fingerprint density at radius 3 is 1.63 bits per heavy atom. The highest BCUT2D eigenvalue weighted by atomic mass is 14.9. The highest BCUT2D eigenvalue weighted by molar-refractivity contribution is 5.71. The Hall–Kier alpha value is -3.14. The van der Waals surface area contributed by atoms with Gasteiger partial charge in [0, 0.05) is 12.3 Å². The van der Waals surface area contributed by atoms with Gasteiger partial charge in [0.05, 0.1) is 23.8 Å². The second-order valence-electron chi connectivity index (χ2n) is 7.09. The summed E-state index contributed by atoms with van der Waals surface area (Å²) in [5.74, 6) is 2.44. The predicted molar refractivity (Wildman–Crippen MR) is 111 cm³/mol. The first kappa shape index (κ1) is 17.3. The van der Waals surface area contributed by atoms with Crippen LogP contribution in [0.15, 0.2) is 60.9 Å². The molecule has 0 spiro atoms. The van der Waals surface area contributed by atoms with Crippen LogP contribution in [-0.4, -0.2) is 19.9 Å². The first-order valence-electron chi connectivity index (χ1n) is 9.44. The number of aryl methyl sites for hydroxylation is 1. The maximum absolute atomic E-state index is 4.46. The summed E-state index contributed by atoms with van der Waals surface area (Å²) in [5, 5.41) is 0. The standard InChI is InChI=1S/C23H24N4/c1-4-22-24-13-20(26-22)18-9-5-16(6-10-18)17-7-11-19(12-8-17)21-14-25-23(27-21)15(2)3/h5-15H,4H2,1-3H3,(H,24,26)(H,25,27). The average Bonchev–Trinajstić information content (AvgIpc) is 3.38. The third kappa shape index (κ3) is 3.56. The van der Waals surface area contributed by atoms with Crippen LogP contribution in [0.4, 0.5) is 0 Å². The number of hydrogen-bond acceptors (Lipinski definition) is 2. The molecule has 2 N–H and O–H groups in total. The number of benzene rings is 2. The Bertz CT molecular complexity index is 1020. The van der Waals surface area contributed by atoms with E-state index in [1.165, 1.54) is 11.1 Å². The van der Waals surface area contributed by atoms with Crippen LogP contribution in [0.5, 0.6) is 0 Å². The highest BCUT2D eigenvalue weighted by Gasteiger charge is 2.07. The molecule has 0 aliphatic heterocycles. The van der Waals surface area contributed by atoms with Crippen LogP contribution in [0.1, 0.15) is 38.3 Å². The summed E-state index contributed by atoms with van der Waals surface area (Å²) < 4.78 is 0. The molecule has 0 aliphatic rings. The van der Waals surface area contributed by atoms with Crippen molar-refractivity contribution in [1.82, 2.24) is 19.9 Å². The van der Waals surface area contributed by atoms with Gasteiger partial charge in [-0.15, -0.1) is 0 Å². The van der Waals surface area contributed by atoms with Gasteiger partial charge in [0.25, 0.3) is 0 Å². The zero-order valence-corrected chi connectivity index (χ0v) is 16.0. The Morgan fingerprint density at radius 2 is 1.19 bits per heavy atom. The van der Waals surface area contributed by atoms with E-state index in [2.05, 4.69) is 89.2 Å². The Kier molecular flexibility index (Phi) is 4.63. The molecule has 0 unspecified atom stereocenters. The first-order valence-corrected chi connectivity index (χ1v) is 9.44. The second-order valence-corrected chi connectivity index (χ2v) is 7.09. The van der Waals surface area contributed by atoms with Gasteiger partial charge in [-0.1, -0.05) is 69.3 Å². The van der Waals surface area contributed by atoms with Crippen molar-refractivity contribution >= 4 is 0 Å². The van der Waals surface area contributed by atoms with Gasteiger partial charge < -0.3 is 9.97 Å². The number of hydrogen-bond donors (Lipinski definition) is 2. The summed E-state index contributed by atoms with van der Waals surface area (Å²) in [6.07, 6.45) is 4.73. The normalized spacial score (nSPS) is 11.3. The van der Waals surface area contributed by atoms with Gasteiger partial charge in [-0.05, 0) is 22.3 Å². The fourth-order valence-corrected chi connectivity index (χ4v) is 3.15. The van der Waals surface area contributed by atoms with Gasteiger partial charge >= 0.3 is 0 Å². The van der Waals surface area contributed by atoms with Crippen LogP contribution in [0, 0.1) is 0 Å². The zero-order chi connectivity index (χ0) is 18.8. The molecule has 0 saturated carbocycles. The molecule has 2 aromatic heterocycles. The van der Waals surface area contributed by atoms with Crippen LogP contribution < -0.4 is 0 Å². The third-order valence-electron chi connectivity index (χ3n) is 4.83. The van der Waals surface area contributed by atoms with Gasteiger partial charge in [-0.2, -0.15) is 0 Å². The monoisotopic (exact) mass is 356 g/mol. The molecule has 4 aromatic rings. The number of rotatable bonds is 5. The lowest BCUT2D eigenvalue weighted by Gasteiger charge is -2.05. The number of aromatic nitrogens is 4. The summed E-state index contributed by atoms with van der Waals surface area (Å²) in [4.78, 5) is 15.6. The number of H-pyrrole nitrogens is 2. The molecule has 0 atom stereocenters. The van der Waals surface area contributed by atoms with Crippen molar-refractivity contribution in [3.8, 4) is 33.6 Å². The third-order valence-corrected chi connectivity index (χ3v) is 4.83. The van der Waals surface area contributed by atoms with E-state index in [-0.39, 0.29) is 0 Å². The largest absolute Gasteiger partial charge is 0.342 e. The van der Waals surface area contributed by atoms with Crippen molar-refractivity contribution < 1.29 is 0 Å². The van der Waals surface area contributed by atoms with Crippen molar-refractivity contribution in [3.63, 3.8) is 0 Å². The van der Waals surface area contributed by atoms with Crippen molar-refractivity contribution in [2.45, 2.75) is 33.1 Å². The van der Waals surface area contributed by atoms with Crippen LogP contribution in [0.3, 0.4) is 0 Å². The summed E-state index contributed by atoms with van der Waals surface area (Å²) >= 11 is 0. The lowest BCUT2D eigenvalue weighted by molar-refractivity contribution is 0.795. The molecule has 0 radical (unpaired) electrons. The quantitative estimate of drug-likeness (QED) is 0.473. The summed E-state index contributed by atoms with van der Waals surface area (Å²) in [6.45, 7) is 6.38. The van der Waals surface area contributed by atoms with Gasteiger partial charge in [0.1, 0.15) is 11.6 Å². The molecule has 0 saturated heterocycles. The smallest absolute Gasteiger partial charge is 0.109 e. The van der Waals surface area contributed by atoms with E-state index < -0.39 is 0 Å². The Morgan fingerprint density at radius 1 is 0.704 bits per heavy atom. The summed E-state index contributed by atoms with van der Waals surface area (Å²) in [7, 11) is 0. The molecule has 136 valence electrons. The van der Waals surface area contributed by atoms with Crippen molar-refractivity contribution in [1.29, 1.82) is 0 Å². The van der Waals surface area contributed by atoms with E-state index in [1.807, 2.05) is 12.4 Å². The minimum Gasteiger partial charge on any atom is -0.342 e. The molecule has 4 heteroatoms. The maximum atomic E-state index is 4.46. The number of nitrogens with zero attached hydrogens (tertiary/aromatic N) is 2. The predicted octanol–water partition coefficient (Wildman–Crippen LogP) is 5.82. The highest BCUT2D eigenvalue weighted by Crippen LogP contribution is 2.27. The van der Waals surface area contributed by atoms with E-state index in [0.29, 0.717) is 5.92 Å². The van der Waals surface area contributed by atoms with Gasteiger partial charge in [-0.3, -0.25) is 0 Å². The van der Waals surface area contributed by atoms with E-state index in [4.69, 9.17) is 0 Å². The van der Waals surface area contributed by atoms with E-state index in [0.717, 1.165) is 40.6 Å². The van der Waals surface area contributed by atoms with Gasteiger partial charge in [0.2, 0.25) is 0 Å². The molecule has 0 amide bonds. The Balaban J connectivity index is 1.54. The molecule has 0 bridgehead atoms. The van der Waals surface area contributed by atoms with Gasteiger partial charge in [0.15, 0.2) is 0 Å². The SMILES string of the molecule is CCc1ncc(-c2ccc(-c3ccc(-c4cnc(C(C)C)[nH]4)cc3)cc2)[nH]1.